The minimum absolute atomic E-state index is 0.391. The fourth-order valence-corrected chi connectivity index (χ4v) is 2.29. The van der Waals surface area contributed by atoms with Crippen LogP contribution in [0.1, 0.15) is 10.4 Å². The molecule has 0 saturated carbocycles. The van der Waals surface area contributed by atoms with Crippen molar-refractivity contribution in [3.05, 3.63) is 66.4 Å². The molecule has 3 N–H and O–H groups in total. The lowest BCUT2D eigenvalue weighted by Gasteiger charge is -2.03. The summed E-state index contributed by atoms with van der Waals surface area (Å²) in [5.74, 6) is 5.63. The number of nitrogens with one attached hydrogen (secondary N) is 1. The second-order valence-electron chi connectivity index (χ2n) is 4.87. The fourth-order valence-electron chi connectivity index (χ4n) is 2.29. The van der Waals surface area contributed by atoms with Crippen molar-refractivity contribution in [2.24, 2.45) is 5.84 Å². The van der Waals surface area contributed by atoms with Gasteiger partial charge in [0, 0.05) is 11.8 Å². The SMILES string of the molecule is COc1ccc(-c2nn(-c3ccccc3)cc2C(=O)NN)cc1. The van der Waals surface area contributed by atoms with E-state index in [1.54, 1.807) is 18.0 Å². The number of aromatic nitrogens is 2. The van der Waals surface area contributed by atoms with E-state index in [0.717, 1.165) is 17.0 Å². The van der Waals surface area contributed by atoms with Crippen molar-refractivity contribution in [3.63, 3.8) is 0 Å². The highest BCUT2D eigenvalue weighted by Crippen LogP contribution is 2.25. The summed E-state index contributed by atoms with van der Waals surface area (Å²) >= 11 is 0. The molecule has 0 bridgehead atoms. The van der Waals surface area contributed by atoms with Gasteiger partial charge in [-0.15, -0.1) is 0 Å². The molecule has 0 saturated heterocycles. The first kappa shape index (κ1) is 14.8. The van der Waals surface area contributed by atoms with Crippen LogP contribution in [-0.2, 0) is 0 Å². The number of para-hydroxylation sites is 1. The Labute approximate surface area is 133 Å². The summed E-state index contributed by atoms with van der Waals surface area (Å²) in [4.78, 5) is 12.1. The number of amides is 1. The number of nitrogens with two attached hydrogens (primary N) is 1. The van der Waals surface area contributed by atoms with E-state index in [2.05, 4.69) is 10.5 Å². The third-order valence-corrected chi connectivity index (χ3v) is 3.47. The van der Waals surface area contributed by atoms with Gasteiger partial charge in [0.15, 0.2) is 0 Å². The van der Waals surface area contributed by atoms with Gasteiger partial charge in [0.05, 0.1) is 18.4 Å². The molecule has 116 valence electrons. The molecule has 0 spiro atoms. The molecule has 0 unspecified atom stereocenters. The molecule has 2 aromatic carbocycles. The first-order valence-corrected chi connectivity index (χ1v) is 7.03. The molecule has 0 radical (unpaired) electrons. The predicted octanol–water partition coefficient (Wildman–Crippen LogP) is 2.15. The molecule has 0 aliphatic carbocycles. The van der Waals surface area contributed by atoms with E-state index in [-0.39, 0.29) is 0 Å². The maximum atomic E-state index is 12.1. The molecule has 6 nitrogen and oxygen atoms in total. The van der Waals surface area contributed by atoms with Crippen LogP contribution in [0.3, 0.4) is 0 Å². The van der Waals surface area contributed by atoms with E-state index in [1.807, 2.05) is 54.6 Å². The second-order valence-corrected chi connectivity index (χ2v) is 4.87. The Morgan fingerprint density at radius 1 is 1.13 bits per heavy atom. The van der Waals surface area contributed by atoms with E-state index < -0.39 is 5.91 Å². The molecule has 0 atom stereocenters. The summed E-state index contributed by atoms with van der Waals surface area (Å²) in [6.07, 6.45) is 1.66. The quantitative estimate of drug-likeness (QED) is 0.439. The van der Waals surface area contributed by atoms with E-state index in [1.165, 1.54) is 0 Å². The molecule has 0 aliphatic rings. The zero-order valence-electron chi connectivity index (χ0n) is 12.6. The van der Waals surface area contributed by atoms with Crippen LogP contribution in [0.5, 0.6) is 5.75 Å². The van der Waals surface area contributed by atoms with Crippen molar-refractivity contribution in [3.8, 4) is 22.7 Å². The second kappa shape index (κ2) is 6.33. The zero-order valence-corrected chi connectivity index (χ0v) is 12.6. The van der Waals surface area contributed by atoms with Crippen LogP contribution >= 0.6 is 0 Å². The number of nitrogen functional groups attached to an aromatic ring is 1. The first-order chi connectivity index (χ1) is 11.2. The van der Waals surface area contributed by atoms with Crippen molar-refractivity contribution in [2.45, 2.75) is 0 Å². The lowest BCUT2D eigenvalue weighted by atomic mass is 10.1. The van der Waals surface area contributed by atoms with Gasteiger partial charge < -0.3 is 4.74 Å². The Balaban J connectivity index is 2.10. The van der Waals surface area contributed by atoms with Gasteiger partial charge in [-0.25, -0.2) is 10.5 Å². The Morgan fingerprint density at radius 2 is 1.83 bits per heavy atom. The molecule has 3 aromatic rings. The Hall–Kier alpha value is -3.12. The van der Waals surface area contributed by atoms with Gasteiger partial charge in [0.25, 0.3) is 5.91 Å². The van der Waals surface area contributed by atoms with Crippen molar-refractivity contribution in [1.82, 2.24) is 15.2 Å². The summed E-state index contributed by atoms with van der Waals surface area (Å²) in [6.45, 7) is 0. The molecule has 0 fully saturated rings. The van der Waals surface area contributed by atoms with Crippen LogP contribution in [0.25, 0.3) is 16.9 Å². The van der Waals surface area contributed by atoms with Crippen LogP contribution in [-0.4, -0.2) is 22.8 Å². The van der Waals surface area contributed by atoms with Gasteiger partial charge in [-0.1, -0.05) is 18.2 Å². The summed E-state index contributed by atoms with van der Waals surface area (Å²) in [5, 5.41) is 4.53. The highest BCUT2D eigenvalue weighted by Gasteiger charge is 2.17. The number of carbonyl (C=O) groups is 1. The fraction of sp³-hybridized carbons (Fsp3) is 0.0588. The minimum atomic E-state index is -0.391. The Bertz CT molecular complexity index is 810. The van der Waals surface area contributed by atoms with Gasteiger partial charge in [-0.05, 0) is 36.4 Å². The highest BCUT2D eigenvalue weighted by molar-refractivity contribution is 5.99. The van der Waals surface area contributed by atoms with E-state index in [9.17, 15) is 4.79 Å². The van der Waals surface area contributed by atoms with Crippen LogP contribution < -0.4 is 16.0 Å². The normalized spacial score (nSPS) is 10.3. The van der Waals surface area contributed by atoms with Crippen LogP contribution in [0.2, 0.25) is 0 Å². The van der Waals surface area contributed by atoms with Crippen LogP contribution in [0, 0.1) is 0 Å². The molecule has 1 amide bonds. The van der Waals surface area contributed by atoms with Crippen molar-refractivity contribution < 1.29 is 9.53 Å². The smallest absolute Gasteiger partial charge is 0.269 e. The molecule has 3 rings (SSSR count). The number of benzene rings is 2. The summed E-state index contributed by atoms with van der Waals surface area (Å²) in [5.41, 5.74) is 4.79. The number of rotatable bonds is 4. The molecular formula is C17H16N4O2. The standard InChI is InChI=1S/C17H16N4O2/c1-23-14-9-7-12(8-10-14)16-15(17(22)19-18)11-21(20-16)13-5-3-2-4-6-13/h2-11H,18H2,1H3,(H,19,22). The Morgan fingerprint density at radius 3 is 2.43 bits per heavy atom. The first-order valence-electron chi connectivity index (χ1n) is 7.03. The van der Waals surface area contributed by atoms with E-state index >= 15 is 0 Å². The topological polar surface area (TPSA) is 82.2 Å². The molecule has 1 heterocycles. The number of ether oxygens (including phenoxy) is 1. The number of hydrogen-bond donors (Lipinski definition) is 2. The summed E-state index contributed by atoms with van der Waals surface area (Å²) in [7, 11) is 1.60. The number of hydrogen-bond acceptors (Lipinski definition) is 4. The Kier molecular flexibility index (Phi) is 4.07. The lowest BCUT2D eigenvalue weighted by molar-refractivity contribution is 0.0954. The summed E-state index contributed by atoms with van der Waals surface area (Å²) < 4.78 is 6.81. The number of hydrazine groups is 1. The van der Waals surface area contributed by atoms with Gasteiger partial charge in [-0.2, -0.15) is 5.10 Å². The summed E-state index contributed by atoms with van der Waals surface area (Å²) in [6, 6.07) is 16.9. The van der Waals surface area contributed by atoms with E-state index in [0.29, 0.717) is 11.3 Å². The minimum Gasteiger partial charge on any atom is -0.497 e. The van der Waals surface area contributed by atoms with Gasteiger partial charge in [0.1, 0.15) is 11.4 Å². The maximum absolute atomic E-state index is 12.1. The molecular weight excluding hydrogens is 292 g/mol. The maximum Gasteiger partial charge on any atom is 0.269 e. The monoisotopic (exact) mass is 308 g/mol. The van der Waals surface area contributed by atoms with Crippen LogP contribution in [0.15, 0.2) is 60.8 Å². The molecule has 0 aliphatic heterocycles. The number of nitrogens with zero attached hydrogens (tertiary/aromatic N) is 2. The van der Waals surface area contributed by atoms with Gasteiger partial charge >= 0.3 is 0 Å². The predicted molar refractivity (Wildman–Crippen MR) is 87.2 cm³/mol. The van der Waals surface area contributed by atoms with Gasteiger partial charge in [-0.3, -0.25) is 10.2 Å². The molecule has 6 heteroatoms. The lowest BCUT2D eigenvalue weighted by Crippen LogP contribution is -2.30. The van der Waals surface area contributed by atoms with E-state index in [4.69, 9.17) is 10.6 Å². The van der Waals surface area contributed by atoms with Crippen molar-refractivity contribution in [1.29, 1.82) is 0 Å². The number of carbonyl (C=O) groups excluding carboxylic acids is 1. The number of methoxy groups -OCH3 is 1. The van der Waals surface area contributed by atoms with Crippen molar-refractivity contribution in [2.75, 3.05) is 7.11 Å². The third kappa shape index (κ3) is 2.93. The molecule has 23 heavy (non-hydrogen) atoms. The average Bonchev–Trinajstić information content (AvgIpc) is 3.07. The highest BCUT2D eigenvalue weighted by atomic mass is 16.5. The van der Waals surface area contributed by atoms with Gasteiger partial charge in [0.2, 0.25) is 0 Å². The molecule has 1 aromatic heterocycles. The zero-order chi connectivity index (χ0) is 16.2. The van der Waals surface area contributed by atoms with Crippen molar-refractivity contribution >= 4 is 5.91 Å². The average molecular weight is 308 g/mol. The van der Waals surface area contributed by atoms with Crippen LogP contribution in [0.4, 0.5) is 0 Å². The largest absolute Gasteiger partial charge is 0.497 e. The third-order valence-electron chi connectivity index (χ3n) is 3.47.